The number of nitrogens with zero attached hydrogens (tertiary/aromatic N) is 2. The average Bonchev–Trinajstić information content (AvgIpc) is 2.36. The van der Waals surface area contributed by atoms with Crippen molar-refractivity contribution in [2.75, 3.05) is 25.5 Å². The zero-order chi connectivity index (χ0) is 14.9. The first-order valence-electron chi connectivity index (χ1n) is 6.47. The summed E-state index contributed by atoms with van der Waals surface area (Å²) in [6.45, 7) is 4.07. The second-order valence-corrected chi connectivity index (χ2v) is 6.13. The SMILES string of the molecule is CC1CN(C)CCC1Nc1cc(Cl)c(Cl)cc1[N+](=O)[O-]. The molecule has 0 aliphatic carbocycles. The van der Waals surface area contributed by atoms with E-state index >= 15 is 0 Å². The monoisotopic (exact) mass is 317 g/mol. The number of benzene rings is 1. The lowest BCUT2D eigenvalue weighted by Crippen LogP contribution is -2.43. The maximum absolute atomic E-state index is 11.1. The highest BCUT2D eigenvalue weighted by Crippen LogP contribution is 2.35. The van der Waals surface area contributed by atoms with Crippen molar-refractivity contribution in [1.82, 2.24) is 4.90 Å². The number of piperidine rings is 1. The fraction of sp³-hybridized carbons (Fsp3) is 0.538. The molecule has 1 heterocycles. The van der Waals surface area contributed by atoms with Crippen LogP contribution in [0.4, 0.5) is 11.4 Å². The molecule has 7 heteroatoms. The van der Waals surface area contributed by atoms with Crippen molar-refractivity contribution in [3.8, 4) is 0 Å². The van der Waals surface area contributed by atoms with Crippen molar-refractivity contribution < 1.29 is 4.92 Å². The van der Waals surface area contributed by atoms with Crippen LogP contribution in [-0.4, -0.2) is 36.0 Å². The Bertz CT molecular complexity index is 525. The Morgan fingerprint density at radius 2 is 2.05 bits per heavy atom. The second-order valence-electron chi connectivity index (χ2n) is 5.32. The molecule has 2 unspecified atom stereocenters. The van der Waals surface area contributed by atoms with Crippen molar-refractivity contribution in [2.45, 2.75) is 19.4 Å². The lowest BCUT2D eigenvalue weighted by Gasteiger charge is -2.35. The van der Waals surface area contributed by atoms with Gasteiger partial charge in [0.05, 0.1) is 15.0 Å². The molecule has 0 amide bonds. The fourth-order valence-electron chi connectivity index (χ4n) is 2.57. The molecular formula is C13H17Cl2N3O2. The predicted molar refractivity (Wildman–Crippen MR) is 81.8 cm³/mol. The van der Waals surface area contributed by atoms with Gasteiger partial charge in [-0.15, -0.1) is 0 Å². The van der Waals surface area contributed by atoms with Gasteiger partial charge in [-0.05, 0) is 32.0 Å². The van der Waals surface area contributed by atoms with Crippen molar-refractivity contribution in [3.05, 3.63) is 32.3 Å². The quantitative estimate of drug-likeness (QED) is 0.682. The molecule has 0 saturated carbocycles. The summed E-state index contributed by atoms with van der Waals surface area (Å²) in [5.74, 6) is 0.405. The Balaban J connectivity index is 2.24. The summed E-state index contributed by atoms with van der Waals surface area (Å²) < 4.78 is 0. The van der Waals surface area contributed by atoms with Crippen LogP contribution in [0.25, 0.3) is 0 Å². The minimum atomic E-state index is -0.440. The minimum Gasteiger partial charge on any atom is -0.376 e. The van der Waals surface area contributed by atoms with E-state index in [0.29, 0.717) is 16.6 Å². The third-order valence-electron chi connectivity index (χ3n) is 3.68. The summed E-state index contributed by atoms with van der Waals surface area (Å²) in [5.41, 5.74) is 0.399. The van der Waals surface area contributed by atoms with E-state index in [2.05, 4.69) is 24.2 Å². The standard InChI is InChI=1S/C13H17Cl2N3O2/c1-8-7-17(2)4-3-11(8)16-12-5-9(14)10(15)6-13(12)18(19)20/h5-6,8,11,16H,3-4,7H2,1-2H3. The molecule has 20 heavy (non-hydrogen) atoms. The van der Waals surface area contributed by atoms with E-state index in [1.807, 2.05) is 0 Å². The van der Waals surface area contributed by atoms with E-state index in [1.54, 1.807) is 0 Å². The van der Waals surface area contributed by atoms with Gasteiger partial charge >= 0.3 is 0 Å². The molecule has 0 aromatic heterocycles. The summed E-state index contributed by atoms with van der Waals surface area (Å²) >= 11 is 11.8. The number of likely N-dealkylation sites (tertiary alicyclic amines) is 1. The summed E-state index contributed by atoms with van der Waals surface area (Å²) in [4.78, 5) is 12.9. The first-order chi connectivity index (χ1) is 9.38. The van der Waals surface area contributed by atoms with E-state index in [9.17, 15) is 10.1 Å². The van der Waals surface area contributed by atoms with Crippen molar-refractivity contribution in [2.24, 2.45) is 5.92 Å². The number of nitro benzene ring substituents is 1. The van der Waals surface area contributed by atoms with Gasteiger partial charge in [0.1, 0.15) is 5.69 Å². The molecule has 5 nitrogen and oxygen atoms in total. The first kappa shape index (κ1) is 15.4. The maximum Gasteiger partial charge on any atom is 0.293 e. The first-order valence-corrected chi connectivity index (χ1v) is 7.22. The van der Waals surface area contributed by atoms with Crippen LogP contribution in [-0.2, 0) is 0 Å². The molecule has 2 rings (SSSR count). The van der Waals surface area contributed by atoms with Crippen LogP contribution in [0.15, 0.2) is 12.1 Å². The fourth-order valence-corrected chi connectivity index (χ4v) is 2.89. The molecule has 0 radical (unpaired) electrons. The number of nitrogens with one attached hydrogen (secondary N) is 1. The van der Waals surface area contributed by atoms with Crippen molar-refractivity contribution >= 4 is 34.6 Å². The zero-order valence-corrected chi connectivity index (χ0v) is 12.9. The number of rotatable bonds is 3. The van der Waals surface area contributed by atoms with Crippen molar-refractivity contribution in [1.29, 1.82) is 0 Å². The van der Waals surface area contributed by atoms with Crippen LogP contribution >= 0.6 is 23.2 Å². The molecule has 1 aliphatic heterocycles. The molecule has 0 spiro atoms. The summed E-state index contributed by atoms with van der Waals surface area (Å²) in [6, 6.07) is 3.03. The zero-order valence-electron chi connectivity index (χ0n) is 11.4. The van der Waals surface area contributed by atoms with Crippen LogP contribution in [0.5, 0.6) is 0 Å². The summed E-state index contributed by atoms with van der Waals surface area (Å²) in [6.07, 6.45) is 0.940. The van der Waals surface area contributed by atoms with Gasteiger partial charge in [0, 0.05) is 18.7 Å². The van der Waals surface area contributed by atoms with Gasteiger partial charge in [0.15, 0.2) is 0 Å². The highest BCUT2D eigenvalue weighted by atomic mass is 35.5. The van der Waals surface area contributed by atoms with Crippen LogP contribution < -0.4 is 5.32 Å². The molecule has 110 valence electrons. The highest BCUT2D eigenvalue weighted by Gasteiger charge is 2.26. The Kier molecular flexibility index (Phi) is 4.73. The number of hydrogen-bond acceptors (Lipinski definition) is 4. The number of nitro groups is 1. The molecule has 2 atom stereocenters. The second kappa shape index (κ2) is 6.16. The van der Waals surface area contributed by atoms with Gasteiger partial charge in [-0.25, -0.2) is 0 Å². The van der Waals surface area contributed by atoms with E-state index in [1.165, 1.54) is 12.1 Å². The number of anilines is 1. The molecule has 0 bridgehead atoms. The molecular weight excluding hydrogens is 301 g/mol. The van der Waals surface area contributed by atoms with Gasteiger partial charge in [-0.2, -0.15) is 0 Å². The molecule has 1 aliphatic rings. The lowest BCUT2D eigenvalue weighted by molar-refractivity contribution is -0.384. The summed E-state index contributed by atoms with van der Waals surface area (Å²) in [5, 5.41) is 14.9. The lowest BCUT2D eigenvalue weighted by atomic mass is 9.94. The van der Waals surface area contributed by atoms with Gasteiger partial charge in [0.25, 0.3) is 5.69 Å². The molecule has 1 saturated heterocycles. The molecule has 1 aromatic rings. The number of halogens is 2. The maximum atomic E-state index is 11.1. The van der Waals surface area contributed by atoms with E-state index in [4.69, 9.17) is 23.2 Å². The Morgan fingerprint density at radius 1 is 1.40 bits per heavy atom. The normalized spacial score (nSPS) is 23.6. The highest BCUT2D eigenvalue weighted by molar-refractivity contribution is 6.42. The van der Waals surface area contributed by atoms with Crippen molar-refractivity contribution in [3.63, 3.8) is 0 Å². The topological polar surface area (TPSA) is 58.4 Å². The van der Waals surface area contributed by atoms with Gasteiger partial charge in [-0.1, -0.05) is 30.1 Å². The molecule has 1 aromatic carbocycles. The Hall–Kier alpha value is -1.04. The Labute approximate surface area is 128 Å². The predicted octanol–water partition coefficient (Wildman–Crippen LogP) is 3.65. The van der Waals surface area contributed by atoms with E-state index in [-0.39, 0.29) is 16.8 Å². The van der Waals surface area contributed by atoms with E-state index in [0.717, 1.165) is 19.5 Å². The number of hydrogen-bond donors (Lipinski definition) is 1. The average molecular weight is 318 g/mol. The van der Waals surface area contributed by atoms with Crippen LogP contribution in [0.2, 0.25) is 10.0 Å². The smallest absolute Gasteiger partial charge is 0.293 e. The third kappa shape index (κ3) is 3.34. The van der Waals surface area contributed by atoms with Crippen LogP contribution in [0.3, 0.4) is 0 Å². The Morgan fingerprint density at radius 3 is 2.65 bits per heavy atom. The van der Waals surface area contributed by atoms with Crippen LogP contribution in [0, 0.1) is 16.0 Å². The van der Waals surface area contributed by atoms with Gasteiger partial charge < -0.3 is 10.2 Å². The minimum absolute atomic E-state index is 0.0365. The third-order valence-corrected chi connectivity index (χ3v) is 4.41. The van der Waals surface area contributed by atoms with E-state index < -0.39 is 4.92 Å². The largest absolute Gasteiger partial charge is 0.376 e. The summed E-state index contributed by atoms with van der Waals surface area (Å²) in [7, 11) is 2.08. The van der Waals surface area contributed by atoms with Gasteiger partial charge in [-0.3, -0.25) is 10.1 Å². The molecule has 1 fully saturated rings. The molecule has 1 N–H and O–H groups in total. The van der Waals surface area contributed by atoms with Gasteiger partial charge in [0.2, 0.25) is 0 Å². The van der Waals surface area contributed by atoms with Crippen LogP contribution in [0.1, 0.15) is 13.3 Å².